The Morgan fingerprint density at radius 3 is 2.90 bits per heavy atom. The van der Waals surface area contributed by atoms with Gasteiger partial charge < -0.3 is 5.32 Å². The quantitative estimate of drug-likeness (QED) is 0.692. The zero-order valence-electron chi connectivity index (χ0n) is 12.2. The van der Waals surface area contributed by atoms with Crippen LogP contribution in [0.3, 0.4) is 0 Å². The Bertz CT molecular complexity index is 586. The van der Waals surface area contributed by atoms with Gasteiger partial charge in [-0.25, -0.2) is 0 Å². The molecule has 0 amide bonds. The average Bonchev–Trinajstić information content (AvgIpc) is 2.90. The molecule has 21 heavy (non-hydrogen) atoms. The fourth-order valence-electron chi connectivity index (χ4n) is 1.89. The Morgan fingerprint density at radius 1 is 1.33 bits per heavy atom. The topological polar surface area (TPSA) is 37.8 Å². The summed E-state index contributed by atoms with van der Waals surface area (Å²) in [4.78, 5) is 0. The van der Waals surface area contributed by atoms with Crippen molar-refractivity contribution in [2.45, 2.75) is 26.7 Å². The lowest BCUT2D eigenvalue weighted by Gasteiger charge is -2.05. The number of aryl methyl sites for hydroxylation is 1. The van der Waals surface area contributed by atoms with Gasteiger partial charge in [0, 0.05) is 16.5 Å². The summed E-state index contributed by atoms with van der Waals surface area (Å²) < 4.78 is 0.885. The highest BCUT2D eigenvalue weighted by molar-refractivity contribution is 9.10. The van der Waals surface area contributed by atoms with Gasteiger partial charge in [-0.2, -0.15) is 0 Å². The van der Waals surface area contributed by atoms with Gasteiger partial charge in [0.05, 0.1) is 5.02 Å². The molecule has 6 heteroatoms. The van der Waals surface area contributed by atoms with Gasteiger partial charge in [-0.15, -0.1) is 10.2 Å². The highest BCUT2D eigenvalue weighted by Crippen LogP contribution is 2.35. The molecule has 0 saturated carbocycles. The highest BCUT2D eigenvalue weighted by Gasteiger charge is 2.11. The fourth-order valence-corrected chi connectivity index (χ4v) is 3.44. The first-order valence-corrected chi connectivity index (χ1v) is 9.04. The first kappa shape index (κ1) is 16.9. The van der Waals surface area contributed by atoms with Crippen LogP contribution in [0, 0.1) is 5.92 Å². The molecule has 1 N–H and O–H groups in total. The van der Waals surface area contributed by atoms with Gasteiger partial charge in [-0.05, 0) is 47.4 Å². The number of nitrogens with one attached hydrogen (secondary N) is 1. The van der Waals surface area contributed by atoms with E-state index in [1.807, 2.05) is 18.2 Å². The second kappa shape index (κ2) is 8.22. The summed E-state index contributed by atoms with van der Waals surface area (Å²) >= 11 is 11.3. The predicted molar refractivity (Wildman–Crippen MR) is 94.1 cm³/mol. The van der Waals surface area contributed by atoms with Crippen molar-refractivity contribution in [1.82, 2.24) is 15.5 Å². The maximum Gasteiger partial charge on any atom is 0.149 e. The highest BCUT2D eigenvalue weighted by atomic mass is 79.9. The van der Waals surface area contributed by atoms with Gasteiger partial charge in [0.25, 0.3) is 0 Å². The molecule has 0 atom stereocenters. The molecule has 2 rings (SSSR count). The number of aromatic nitrogens is 2. The van der Waals surface area contributed by atoms with E-state index in [2.05, 4.69) is 45.3 Å². The van der Waals surface area contributed by atoms with Crippen LogP contribution in [0.25, 0.3) is 10.6 Å². The van der Waals surface area contributed by atoms with Crippen LogP contribution in [-0.4, -0.2) is 23.3 Å². The van der Waals surface area contributed by atoms with Crippen LogP contribution < -0.4 is 5.32 Å². The molecule has 1 aromatic carbocycles. The molecule has 0 radical (unpaired) electrons. The Morgan fingerprint density at radius 2 is 2.14 bits per heavy atom. The number of hydrogen-bond donors (Lipinski definition) is 1. The third-order valence-electron chi connectivity index (χ3n) is 2.95. The average molecular weight is 389 g/mol. The third kappa shape index (κ3) is 5.02. The van der Waals surface area contributed by atoms with Gasteiger partial charge in [0.15, 0.2) is 0 Å². The van der Waals surface area contributed by atoms with Crippen LogP contribution in [0.2, 0.25) is 5.02 Å². The molecule has 0 spiro atoms. The van der Waals surface area contributed by atoms with E-state index >= 15 is 0 Å². The lowest BCUT2D eigenvalue weighted by Crippen LogP contribution is -2.21. The van der Waals surface area contributed by atoms with E-state index in [0.717, 1.165) is 46.0 Å². The maximum atomic E-state index is 6.29. The van der Waals surface area contributed by atoms with Crippen molar-refractivity contribution in [2.75, 3.05) is 13.1 Å². The van der Waals surface area contributed by atoms with E-state index in [1.54, 1.807) is 11.3 Å². The summed E-state index contributed by atoms with van der Waals surface area (Å²) in [6.45, 7) is 6.51. The molecule has 0 aliphatic heterocycles. The number of halogens is 2. The Balaban J connectivity index is 1.91. The van der Waals surface area contributed by atoms with Crippen LogP contribution in [-0.2, 0) is 6.42 Å². The second-order valence-corrected chi connectivity index (χ2v) is 7.60. The fraction of sp³-hybridized carbons (Fsp3) is 0.467. The summed E-state index contributed by atoms with van der Waals surface area (Å²) in [7, 11) is 0. The van der Waals surface area contributed by atoms with E-state index < -0.39 is 0 Å². The monoisotopic (exact) mass is 387 g/mol. The largest absolute Gasteiger partial charge is 0.316 e. The van der Waals surface area contributed by atoms with Gasteiger partial charge in [-0.1, -0.05) is 48.9 Å². The minimum absolute atomic E-state index is 0.691. The molecule has 0 unspecified atom stereocenters. The molecular formula is C15H19BrClN3S. The van der Waals surface area contributed by atoms with E-state index in [9.17, 15) is 0 Å². The van der Waals surface area contributed by atoms with Crippen molar-refractivity contribution in [3.05, 3.63) is 32.7 Å². The van der Waals surface area contributed by atoms with Gasteiger partial charge in [0.1, 0.15) is 10.0 Å². The standard InChI is InChI=1S/C15H19BrClN3S/c1-10(2)9-18-8-4-7-13-19-20-15(21-13)11-5-3-6-12(16)14(11)17/h3,5-6,10,18H,4,7-9H2,1-2H3. The molecule has 0 bridgehead atoms. The van der Waals surface area contributed by atoms with Gasteiger partial charge >= 0.3 is 0 Å². The Hall–Kier alpha value is -0.490. The van der Waals surface area contributed by atoms with Crippen LogP contribution in [0.1, 0.15) is 25.3 Å². The number of hydrogen-bond acceptors (Lipinski definition) is 4. The smallest absolute Gasteiger partial charge is 0.149 e. The molecule has 0 saturated heterocycles. The van der Waals surface area contributed by atoms with Crippen LogP contribution in [0.15, 0.2) is 22.7 Å². The van der Waals surface area contributed by atoms with Crippen LogP contribution in [0.5, 0.6) is 0 Å². The Kier molecular flexibility index (Phi) is 6.61. The summed E-state index contributed by atoms with van der Waals surface area (Å²) in [5.41, 5.74) is 0.938. The first-order chi connectivity index (χ1) is 10.1. The van der Waals surface area contributed by atoms with Gasteiger partial charge in [-0.3, -0.25) is 0 Å². The van der Waals surface area contributed by atoms with Crippen LogP contribution in [0.4, 0.5) is 0 Å². The molecule has 0 aliphatic carbocycles. The van der Waals surface area contributed by atoms with Gasteiger partial charge in [0.2, 0.25) is 0 Å². The van der Waals surface area contributed by atoms with Crippen molar-refractivity contribution < 1.29 is 0 Å². The van der Waals surface area contributed by atoms with E-state index in [-0.39, 0.29) is 0 Å². The predicted octanol–water partition coefficient (Wildman–Crippen LogP) is 4.80. The molecule has 1 aromatic heterocycles. The summed E-state index contributed by atoms with van der Waals surface area (Å²) in [6.07, 6.45) is 2.03. The third-order valence-corrected chi connectivity index (χ3v) is 5.26. The van der Waals surface area contributed by atoms with Crippen molar-refractivity contribution in [3.63, 3.8) is 0 Å². The molecular weight excluding hydrogens is 370 g/mol. The zero-order chi connectivity index (χ0) is 15.2. The Labute approximate surface area is 143 Å². The van der Waals surface area contributed by atoms with E-state index in [4.69, 9.17) is 11.6 Å². The molecule has 0 aliphatic rings. The second-order valence-electron chi connectivity index (χ2n) is 5.30. The molecule has 114 valence electrons. The normalized spacial score (nSPS) is 11.3. The van der Waals surface area contributed by atoms with E-state index in [0.29, 0.717) is 10.9 Å². The number of benzene rings is 1. The first-order valence-electron chi connectivity index (χ1n) is 7.05. The lowest BCUT2D eigenvalue weighted by molar-refractivity contribution is 0.542. The summed E-state index contributed by atoms with van der Waals surface area (Å²) in [6, 6.07) is 5.86. The summed E-state index contributed by atoms with van der Waals surface area (Å²) in [5.74, 6) is 0.691. The number of rotatable bonds is 7. The van der Waals surface area contributed by atoms with Crippen molar-refractivity contribution in [1.29, 1.82) is 0 Å². The van der Waals surface area contributed by atoms with Crippen molar-refractivity contribution >= 4 is 38.9 Å². The lowest BCUT2D eigenvalue weighted by atomic mass is 10.2. The minimum atomic E-state index is 0.691. The molecule has 3 nitrogen and oxygen atoms in total. The number of nitrogens with zero attached hydrogens (tertiary/aromatic N) is 2. The molecule has 0 fully saturated rings. The molecule has 1 heterocycles. The molecule has 2 aromatic rings. The SMILES string of the molecule is CC(C)CNCCCc1nnc(-c2cccc(Br)c2Cl)s1. The maximum absolute atomic E-state index is 6.29. The minimum Gasteiger partial charge on any atom is -0.316 e. The van der Waals surface area contributed by atoms with E-state index in [1.165, 1.54) is 0 Å². The summed E-state index contributed by atoms with van der Waals surface area (Å²) in [5, 5.41) is 14.6. The van der Waals surface area contributed by atoms with Crippen LogP contribution >= 0.6 is 38.9 Å². The zero-order valence-corrected chi connectivity index (χ0v) is 15.4. The van der Waals surface area contributed by atoms with Crippen molar-refractivity contribution in [3.8, 4) is 10.6 Å². The van der Waals surface area contributed by atoms with Crippen molar-refractivity contribution in [2.24, 2.45) is 5.92 Å².